The number of anilines is 4. The van der Waals surface area contributed by atoms with Crippen LogP contribution in [0.25, 0.3) is 0 Å². The van der Waals surface area contributed by atoms with Gasteiger partial charge in [0.15, 0.2) is 11.5 Å². The topological polar surface area (TPSA) is 147 Å². The van der Waals surface area contributed by atoms with Gasteiger partial charge in [0.2, 0.25) is 5.95 Å². The van der Waals surface area contributed by atoms with E-state index >= 15 is 8.78 Å². The Morgan fingerprint density at radius 1 is 1.15 bits per heavy atom. The molecular weight excluding hydrogens is 510 g/mol. The summed E-state index contributed by atoms with van der Waals surface area (Å²) in [5, 5.41) is 17.7. The van der Waals surface area contributed by atoms with Crippen LogP contribution in [0.15, 0.2) is 36.7 Å². The van der Waals surface area contributed by atoms with Gasteiger partial charge in [0, 0.05) is 44.5 Å². The van der Waals surface area contributed by atoms with Crippen LogP contribution in [0.1, 0.15) is 53.1 Å². The molecule has 1 aliphatic carbocycles. The van der Waals surface area contributed by atoms with Gasteiger partial charge >= 0.3 is 0 Å². The van der Waals surface area contributed by atoms with Gasteiger partial charge in [-0.1, -0.05) is 0 Å². The molecule has 2 atom stereocenters. The number of hydrogen-bond donors (Lipinski definition) is 3. The molecule has 1 aromatic carbocycles. The van der Waals surface area contributed by atoms with E-state index in [0.717, 1.165) is 18.5 Å². The van der Waals surface area contributed by atoms with Crippen molar-refractivity contribution >= 4 is 35.0 Å². The number of piperidine rings is 1. The number of benzene rings is 1. The summed E-state index contributed by atoms with van der Waals surface area (Å²) in [6, 6.07) is 4.59. The molecule has 39 heavy (non-hydrogen) atoms. The number of primary amides is 1. The fourth-order valence-corrected chi connectivity index (χ4v) is 4.58. The summed E-state index contributed by atoms with van der Waals surface area (Å²) in [4.78, 5) is 32.7. The number of hydrogen-bond acceptors (Lipinski definition) is 9. The van der Waals surface area contributed by atoms with E-state index in [9.17, 15) is 9.59 Å². The Bertz CT molecular complexity index is 1370. The standard InChI is InChI=1S/C25H30F2N10O2/c1-14-20(31-23(39)15-4-6-17(7-5-15)35(2)3)25(26,27)10-11-36(14)24-32-22(19(21(28)38)33-34-24)30-16-12-29-37(13-16)18-8-9-18/h4-7,12-14,18,20H,8-11H2,1-3H3,(H2,28,38)(H,31,39)(H,30,32,34)/t14-,20+/m1/s1. The van der Waals surface area contributed by atoms with E-state index in [4.69, 9.17) is 5.73 Å². The Labute approximate surface area is 223 Å². The molecule has 3 heterocycles. The first-order chi connectivity index (χ1) is 18.5. The normalized spacial score (nSPS) is 20.4. The molecule has 1 saturated heterocycles. The number of amides is 2. The number of carbonyl (C=O) groups excluding carboxylic acids is 2. The third kappa shape index (κ3) is 5.45. The van der Waals surface area contributed by atoms with Crippen LogP contribution in [0.5, 0.6) is 0 Å². The lowest BCUT2D eigenvalue weighted by atomic mass is 9.93. The van der Waals surface area contributed by atoms with Crippen LogP contribution in [-0.4, -0.2) is 75.4 Å². The van der Waals surface area contributed by atoms with Gasteiger partial charge in [-0.05, 0) is 44.0 Å². The Hall–Kier alpha value is -4.36. The molecule has 0 spiro atoms. The first-order valence-corrected chi connectivity index (χ1v) is 12.6. The lowest BCUT2D eigenvalue weighted by Crippen LogP contribution is -2.64. The summed E-state index contributed by atoms with van der Waals surface area (Å²) in [6.07, 6.45) is 4.92. The minimum atomic E-state index is -3.17. The average Bonchev–Trinajstić information content (AvgIpc) is 3.65. The molecule has 4 N–H and O–H groups in total. The van der Waals surface area contributed by atoms with Crippen LogP contribution in [0.4, 0.5) is 31.9 Å². The molecule has 2 aliphatic rings. The zero-order valence-corrected chi connectivity index (χ0v) is 21.8. The molecule has 12 nitrogen and oxygen atoms in total. The number of aromatic nitrogens is 5. The monoisotopic (exact) mass is 540 g/mol. The number of nitrogens with two attached hydrogens (primary N) is 1. The summed E-state index contributed by atoms with van der Waals surface area (Å²) < 4.78 is 32.0. The second-order valence-corrected chi connectivity index (χ2v) is 10.1. The lowest BCUT2D eigenvalue weighted by molar-refractivity contribution is -0.0602. The van der Waals surface area contributed by atoms with Crippen molar-refractivity contribution in [3.63, 3.8) is 0 Å². The molecule has 2 amide bonds. The SMILES string of the molecule is C[C@@H]1[C@H](NC(=O)c2ccc(N(C)C)cc2)C(F)(F)CCN1c1nnc(C(N)=O)c(Nc2cnn(C3CC3)c2)n1. The number of halogens is 2. The largest absolute Gasteiger partial charge is 0.378 e. The van der Waals surface area contributed by atoms with E-state index in [0.29, 0.717) is 11.7 Å². The molecular formula is C25H30F2N10O2. The highest BCUT2D eigenvalue weighted by Crippen LogP contribution is 2.36. The van der Waals surface area contributed by atoms with Crippen LogP contribution in [0.3, 0.4) is 0 Å². The van der Waals surface area contributed by atoms with Crippen molar-refractivity contribution in [3.8, 4) is 0 Å². The van der Waals surface area contributed by atoms with Gasteiger partial charge in [-0.3, -0.25) is 14.3 Å². The quantitative estimate of drug-likeness (QED) is 0.392. The van der Waals surface area contributed by atoms with E-state index in [1.54, 1.807) is 43.6 Å². The number of rotatable bonds is 8. The number of carbonyl (C=O) groups is 2. The highest BCUT2D eigenvalue weighted by molar-refractivity contribution is 5.96. The number of nitrogens with zero attached hydrogens (tertiary/aromatic N) is 7. The third-order valence-corrected chi connectivity index (χ3v) is 7.00. The van der Waals surface area contributed by atoms with Crippen LogP contribution >= 0.6 is 0 Å². The van der Waals surface area contributed by atoms with Crippen LogP contribution < -0.4 is 26.2 Å². The maximum atomic E-state index is 15.1. The highest BCUT2D eigenvalue weighted by atomic mass is 19.3. The summed E-state index contributed by atoms with van der Waals surface area (Å²) in [5.74, 6) is -4.57. The van der Waals surface area contributed by atoms with E-state index in [-0.39, 0.29) is 29.6 Å². The van der Waals surface area contributed by atoms with Crippen molar-refractivity contribution in [3.05, 3.63) is 47.9 Å². The highest BCUT2D eigenvalue weighted by Gasteiger charge is 2.50. The first kappa shape index (κ1) is 26.3. The predicted octanol–water partition coefficient (Wildman–Crippen LogP) is 2.34. The maximum Gasteiger partial charge on any atom is 0.273 e. The fraction of sp³-hybridized carbons (Fsp3) is 0.440. The molecule has 0 unspecified atom stereocenters. The molecule has 3 aromatic rings. The zero-order chi connectivity index (χ0) is 27.9. The first-order valence-electron chi connectivity index (χ1n) is 12.6. The van der Waals surface area contributed by atoms with E-state index in [2.05, 4.69) is 30.9 Å². The van der Waals surface area contributed by atoms with Gasteiger partial charge in [-0.15, -0.1) is 10.2 Å². The van der Waals surface area contributed by atoms with Gasteiger partial charge in [0.1, 0.15) is 6.04 Å². The second-order valence-electron chi connectivity index (χ2n) is 10.1. The molecule has 2 fully saturated rings. The van der Waals surface area contributed by atoms with E-state index in [1.165, 1.54) is 4.90 Å². The Balaban J connectivity index is 1.38. The van der Waals surface area contributed by atoms with Gasteiger partial charge in [0.05, 0.1) is 24.0 Å². The predicted molar refractivity (Wildman–Crippen MR) is 141 cm³/mol. The number of alkyl halides is 2. The maximum absolute atomic E-state index is 15.1. The van der Waals surface area contributed by atoms with E-state index < -0.39 is 36.2 Å². The molecule has 14 heteroatoms. The van der Waals surface area contributed by atoms with Crippen molar-refractivity contribution in [2.24, 2.45) is 5.73 Å². The van der Waals surface area contributed by atoms with Gasteiger partial charge in [-0.2, -0.15) is 10.1 Å². The Morgan fingerprint density at radius 3 is 2.51 bits per heavy atom. The van der Waals surface area contributed by atoms with Gasteiger partial charge < -0.3 is 26.2 Å². The molecule has 0 radical (unpaired) electrons. The molecule has 1 aliphatic heterocycles. The van der Waals surface area contributed by atoms with Crippen molar-refractivity contribution in [2.45, 2.75) is 50.2 Å². The lowest BCUT2D eigenvalue weighted by Gasteiger charge is -2.43. The van der Waals surface area contributed by atoms with Crippen molar-refractivity contribution < 1.29 is 18.4 Å². The third-order valence-electron chi connectivity index (χ3n) is 7.00. The van der Waals surface area contributed by atoms with Crippen LogP contribution in [0.2, 0.25) is 0 Å². The summed E-state index contributed by atoms with van der Waals surface area (Å²) in [7, 11) is 3.73. The second kappa shape index (κ2) is 10.1. The van der Waals surface area contributed by atoms with Crippen molar-refractivity contribution in [1.29, 1.82) is 0 Å². The minimum Gasteiger partial charge on any atom is -0.378 e. The zero-order valence-electron chi connectivity index (χ0n) is 21.8. The smallest absolute Gasteiger partial charge is 0.273 e. The Kier molecular flexibility index (Phi) is 6.78. The van der Waals surface area contributed by atoms with Gasteiger partial charge in [0.25, 0.3) is 17.7 Å². The average molecular weight is 541 g/mol. The summed E-state index contributed by atoms with van der Waals surface area (Å²) in [6.45, 7) is 1.47. The molecule has 5 rings (SSSR count). The van der Waals surface area contributed by atoms with Crippen LogP contribution in [0, 0.1) is 0 Å². The van der Waals surface area contributed by atoms with Crippen molar-refractivity contribution in [1.82, 2.24) is 30.3 Å². The molecule has 1 saturated carbocycles. The summed E-state index contributed by atoms with van der Waals surface area (Å²) in [5.41, 5.74) is 6.99. The fourth-order valence-electron chi connectivity index (χ4n) is 4.58. The molecule has 2 aromatic heterocycles. The Morgan fingerprint density at radius 2 is 1.87 bits per heavy atom. The van der Waals surface area contributed by atoms with E-state index in [1.807, 2.05) is 23.7 Å². The van der Waals surface area contributed by atoms with Gasteiger partial charge in [-0.25, -0.2) is 8.78 Å². The van der Waals surface area contributed by atoms with Crippen LogP contribution in [-0.2, 0) is 0 Å². The summed E-state index contributed by atoms with van der Waals surface area (Å²) >= 11 is 0. The molecule has 0 bridgehead atoms. The number of nitrogens with one attached hydrogen (secondary N) is 2. The molecule has 206 valence electrons. The minimum absolute atomic E-state index is 0.0228. The van der Waals surface area contributed by atoms with Crippen molar-refractivity contribution in [2.75, 3.05) is 35.8 Å².